The Morgan fingerprint density at radius 3 is 2.25 bits per heavy atom. The van der Waals surface area contributed by atoms with Crippen molar-refractivity contribution < 1.29 is 14.7 Å². The zero-order chi connectivity index (χ0) is 12.9. The van der Waals surface area contributed by atoms with E-state index < -0.39 is 11.9 Å². The zero-order valence-electron chi connectivity index (χ0n) is 10.6. The molecule has 4 heteroatoms. The molecule has 0 aromatic carbocycles. The molecule has 0 aliphatic carbocycles. The highest BCUT2D eigenvalue weighted by molar-refractivity contribution is 5.88. The third kappa shape index (κ3) is 5.53. The van der Waals surface area contributed by atoms with E-state index in [2.05, 4.69) is 5.32 Å². The normalized spacial score (nSPS) is 14.4. The van der Waals surface area contributed by atoms with E-state index in [1.54, 1.807) is 6.92 Å². The second-order valence-corrected chi connectivity index (χ2v) is 5.06. The number of carbonyl (C=O) groups is 2. The van der Waals surface area contributed by atoms with Gasteiger partial charge >= 0.3 is 5.97 Å². The van der Waals surface area contributed by atoms with Crippen LogP contribution in [0, 0.1) is 11.3 Å². The van der Waals surface area contributed by atoms with Gasteiger partial charge in [0.05, 0.1) is 5.92 Å². The largest absolute Gasteiger partial charge is 0.481 e. The van der Waals surface area contributed by atoms with Crippen molar-refractivity contribution in [3.63, 3.8) is 0 Å². The lowest BCUT2D eigenvalue weighted by Crippen LogP contribution is -2.30. The summed E-state index contributed by atoms with van der Waals surface area (Å²) in [4.78, 5) is 22.0. The summed E-state index contributed by atoms with van der Waals surface area (Å²) in [5.74, 6) is -1.70. The monoisotopic (exact) mass is 227 g/mol. The SMILES string of the molecule is C/C(=C/C(=O)NCC(C)C(=O)O)C(C)(C)C. The van der Waals surface area contributed by atoms with E-state index in [-0.39, 0.29) is 17.9 Å². The number of aliphatic carboxylic acids is 1. The van der Waals surface area contributed by atoms with E-state index >= 15 is 0 Å². The molecule has 0 aromatic rings. The molecule has 0 aliphatic heterocycles. The van der Waals surface area contributed by atoms with Crippen LogP contribution in [0.15, 0.2) is 11.6 Å². The zero-order valence-corrected chi connectivity index (χ0v) is 10.6. The molecule has 4 nitrogen and oxygen atoms in total. The number of amides is 1. The molecule has 1 unspecified atom stereocenters. The van der Waals surface area contributed by atoms with Crippen LogP contribution in [0.3, 0.4) is 0 Å². The van der Waals surface area contributed by atoms with Gasteiger partial charge in [-0.1, -0.05) is 33.3 Å². The third-order valence-electron chi connectivity index (χ3n) is 2.53. The number of hydrogen-bond donors (Lipinski definition) is 2. The molecular formula is C12H21NO3. The molecule has 92 valence electrons. The van der Waals surface area contributed by atoms with Crippen LogP contribution < -0.4 is 5.32 Å². The first-order chi connectivity index (χ1) is 7.14. The van der Waals surface area contributed by atoms with Crippen LogP contribution in [0.4, 0.5) is 0 Å². The van der Waals surface area contributed by atoms with Crippen molar-refractivity contribution in [2.24, 2.45) is 11.3 Å². The summed E-state index contributed by atoms with van der Waals surface area (Å²) in [7, 11) is 0. The van der Waals surface area contributed by atoms with E-state index in [0.717, 1.165) is 5.57 Å². The fourth-order valence-electron chi connectivity index (χ4n) is 0.805. The minimum Gasteiger partial charge on any atom is -0.481 e. The number of rotatable bonds is 4. The maximum Gasteiger partial charge on any atom is 0.308 e. The molecule has 0 heterocycles. The summed E-state index contributed by atoms with van der Waals surface area (Å²) in [6, 6.07) is 0. The van der Waals surface area contributed by atoms with Crippen molar-refractivity contribution in [2.45, 2.75) is 34.6 Å². The fraction of sp³-hybridized carbons (Fsp3) is 0.667. The second-order valence-electron chi connectivity index (χ2n) is 5.06. The van der Waals surface area contributed by atoms with Gasteiger partial charge in [-0.25, -0.2) is 0 Å². The summed E-state index contributed by atoms with van der Waals surface area (Å²) in [5.41, 5.74) is 0.920. The van der Waals surface area contributed by atoms with E-state index in [4.69, 9.17) is 5.11 Å². The lowest BCUT2D eigenvalue weighted by atomic mass is 9.87. The summed E-state index contributed by atoms with van der Waals surface area (Å²) in [6.07, 6.45) is 1.52. The molecule has 0 spiro atoms. The molecule has 0 fully saturated rings. The van der Waals surface area contributed by atoms with Crippen LogP contribution in [0.1, 0.15) is 34.6 Å². The Bertz CT molecular complexity index is 300. The molecule has 1 amide bonds. The number of carboxylic acid groups (broad SMARTS) is 1. The van der Waals surface area contributed by atoms with Gasteiger partial charge in [-0.3, -0.25) is 9.59 Å². The van der Waals surface area contributed by atoms with E-state index in [1.807, 2.05) is 27.7 Å². The molecule has 0 aromatic heterocycles. The van der Waals surface area contributed by atoms with Crippen molar-refractivity contribution in [1.29, 1.82) is 0 Å². The van der Waals surface area contributed by atoms with Crippen LogP contribution in [0.2, 0.25) is 0 Å². The van der Waals surface area contributed by atoms with Gasteiger partial charge in [0.2, 0.25) is 5.91 Å². The van der Waals surface area contributed by atoms with Crippen LogP contribution in [0.5, 0.6) is 0 Å². The number of allylic oxidation sites excluding steroid dienone is 1. The maximum atomic E-state index is 11.4. The predicted octanol–water partition coefficient (Wildman–Crippen LogP) is 1.82. The van der Waals surface area contributed by atoms with Crippen molar-refractivity contribution in [1.82, 2.24) is 5.32 Å². The van der Waals surface area contributed by atoms with Crippen molar-refractivity contribution in [2.75, 3.05) is 6.54 Å². The van der Waals surface area contributed by atoms with E-state index in [9.17, 15) is 9.59 Å². The topological polar surface area (TPSA) is 66.4 Å². The lowest BCUT2D eigenvalue weighted by molar-refractivity contribution is -0.141. The molecule has 0 rings (SSSR count). The molecule has 0 radical (unpaired) electrons. The Morgan fingerprint density at radius 1 is 1.38 bits per heavy atom. The van der Waals surface area contributed by atoms with Crippen molar-refractivity contribution >= 4 is 11.9 Å². The van der Waals surface area contributed by atoms with Gasteiger partial charge in [0.25, 0.3) is 0 Å². The first kappa shape index (κ1) is 14.7. The first-order valence-electron chi connectivity index (χ1n) is 5.34. The smallest absolute Gasteiger partial charge is 0.308 e. The highest BCUT2D eigenvalue weighted by Gasteiger charge is 2.15. The quantitative estimate of drug-likeness (QED) is 0.720. The highest BCUT2D eigenvalue weighted by Crippen LogP contribution is 2.23. The average Bonchev–Trinajstić information content (AvgIpc) is 2.12. The maximum absolute atomic E-state index is 11.4. The molecule has 16 heavy (non-hydrogen) atoms. The van der Waals surface area contributed by atoms with Gasteiger partial charge in [0.15, 0.2) is 0 Å². The van der Waals surface area contributed by atoms with Gasteiger partial charge in [-0.05, 0) is 12.3 Å². The Balaban J connectivity index is 4.25. The summed E-state index contributed by atoms with van der Waals surface area (Å²) >= 11 is 0. The number of nitrogens with one attached hydrogen (secondary N) is 1. The summed E-state index contributed by atoms with van der Waals surface area (Å²) < 4.78 is 0. The standard InChI is InChI=1S/C12H21NO3/c1-8(11(15)16)7-13-10(14)6-9(2)12(3,4)5/h6,8H,7H2,1-5H3,(H,13,14)(H,15,16)/b9-6-. The summed E-state index contributed by atoms with van der Waals surface area (Å²) in [5, 5.41) is 11.2. The Kier molecular flexibility index (Phi) is 5.21. The van der Waals surface area contributed by atoms with Gasteiger partial charge in [0.1, 0.15) is 0 Å². The highest BCUT2D eigenvalue weighted by atomic mass is 16.4. The minimum atomic E-state index is -0.906. The fourth-order valence-corrected chi connectivity index (χ4v) is 0.805. The van der Waals surface area contributed by atoms with Gasteiger partial charge in [-0.15, -0.1) is 0 Å². The van der Waals surface area contributed by atoms with Gasteiger partial charge < -0.3 is 10.4 Å². The van der Waals surface area contributed by atoms with Crippen LogP contribution in [0.25, 0.3) is 0 Å². The second kappa shape index (κ2) is 5.68. The van der Waals surface area contributed by atoms with Gasteiger partial charge in [0, 0.05) is 12.6 Å². The average molecular weight is 227 g/mol. The van der Waals surface area contributed by atoms with Crippen molar-refractivity contribution in [3.05, 3.63) is 11.6 Å². The summed E-state index contributed by atoms with van der Waals surface area (Å²) in [6.45, 7) is 9.66. The number of carboxylic acids is 1. The van der Waals surface area contributed by atoms with E-state index in [1.165, 1.54) is 6.08 Å². The van der Waals surface area contributed by atoms with Gasteiger partial charge in [-0.2, -0.15) is 0 Å². The van der Waals surface area contributed by atoms with Crippen LogP contribution in [-0.2, 0) is 9.59 Å². The molecule has 1 atom stereocenters. The van der Waals surface area contributed by atoms with Crippen molar-refractivity contribution in [3.8, 4) is 0 Å². The molecule has 0 saturated heterocycles. The van der Waals surface area contributed by atoms with Crippen LogP contribution in [-0.4, -0.2) is 23.5 Å². The lowest BCUT2D eigenvalue weighted by Gasteiger charge is -2.19. The number of hydrogen-bond acceptors (Lipinski definition) is 2. The molecule has 0 bridgehead atoms. The Morgan fingerprint density at radius 2 is 1.88 bits per heavy atom. The predicted molar refractivity (Wildman–Crippen MR) is 63.0 cm³/mol. The minimum absolute atomic E-state index is 0.0459. The van der Waals surface area contributed by atoms with E-state index in [0.29, 0.717) is 0 Å². The Labute approximate surface area is 96.7 Å². The molecular weight excluding hydrogens is 206 g/mol. The molecule has 0 aliphatic rings. The van der Waals surface area contributed by atoms with Crippen LogP contribution >= 0.6 is 0 Å². The molecule has 0 saturated carbocycles. The Hall–Kier alpha value is -1.32. The third-order valence-corrected chi connectivity index (χ3v) is 2.53. The molecule has 2 N–H and O–H groups in total. The number of carbonyl (C=O) groups excluding carboxylic acids is 1. The first-order valence-corrected chi connectivity index (χ1v) is 5.34.